The van der Waals surface area contributed by atoms with Gasteiger partial charge in [0.2, 0.25) is 29.6 Å². The SMILES string of the molecule is CN1CCCC1C(=O)NCc1ccccc1.CNC(c1ccccc1)c1ccc(C2CC2)c(F)n1.CNCC(F)CCC=O.Fc1ncccc1C1CC1.N/C(=C\N(N)CC=O)OCCO/C(N)=C/N(N)CC=O. The molecule has 1 amide bonds. The number of pyridine rings is 2. The number of hydrogen-bond acceptors (Lipinski definition) is 17. The molecule has 4 aromatic rings. The summed E-state index contributed by atoms with van der Waals surface area (Å²) in [5.74, 6) is 11.2. The van der Waals surface area contributed by atoms with Gasteiger partial charge in [0.05, 0.1) is 43.3 Å². The highest BCUT2D eigenvalue weighted by Crippen LogP contribution is 2.41. The van der Waals surface area contributed by atoms with Crippen molar-refractivity contribution in [2.75, 3.05) is 60.5 Å². The molecule has 21 heteroatoms. The molecule has 3 unspecified atom stereocenters. The van der Waals surface area contributed by atoms with Crippen LogP contribution in [0.2, 0.25) is 0 Å². The van der Waals surface area contributed by atoms with Crippen LogP contribution >= 0.6 is 0 Å². The van der Waals surface area contributed by atoms with E-state index in [4.69, 9.17) is 32.6 Å². The van der Waals surface area contributed by atoms with Crippen LogP contribution in [0.3, 0.4) is 0 Å². The summed E-state index contributed by atoms with van der Waals surface area (Å²) in [4.78, 5) is 51.8. The van der Waals surface area contributed by atoms with E-state index in [1.54, 1.807) is 13.1 Å². The number of likely N-dealkylation sites (tertiary alicyclic amines) is 1. The quantitative estimate of drug-likeness (QED) is 0.0125. The molecule has 11 N–H and O–H groups in total. The Morgan fingerprint density at radius 1 is 0.784 bits per heavy atom. The second-order valence-electron chi connectivity index (χ2n) is 17.4. The number of alkyl halides is 1. The highest BCUT2D eigenvalue weighted by atomic mass is 19.1. The second-order valence-corrected chi connectivity index (χ2v) is 17.4. The molecule has 3 heterocycles. The number of nitrogens with zero attached hydrogens (tertiary/aromatic N) is 5. The molecule has 3 aliphatic rings. The molecule has 74 heavy (non-hydrogen) atoms. The van der Waals surface area contributed by atoms with Crippen molar-refractivity contribution in [1.82, 2.24) is 40.8 Å². The first-order valence-corrected chi connectivity index (χ1v) is 24.6. The van der Waals surface area contributed by atoms with Gasteiger partial charge in [-0.1, -0.05) is 72.8 Å². The Labute approximate surface area is 433 Å². The van der Waals surface area contributed by atoms with Crippen LogP contribution < -0.4 is 39.1 Å². The number of benzene rings is 2. The molecule has 404 valence electrons. The van der Waals surface area contributed by atoms with Gasteiger partial charge in [-0.05, 0) is 108 Å². The van der Waals surface area contributed by atoms with E-state index in [-0.39, 0.29) is 68.0 Å². The number of amides is 1. The Morgan fingerprint density at radius 2 is 1.35 bits per heavy atom. The maximum atomic E-state index is 14.0. The number of carbonyl (C=O) groups excluding carboxylic acids is 4. The Hall–Kier alpha value is -6.91. The summed E-state index contributed by atoms with van der Waals surface area (Å²) in [6.07, 6.45) is 12.3. The zero-order valence-electron chi connectivity index (χ0n) is 42.7. The summed E-state index contributed by atoms with van der Waals surface area (Å²) in [5.41, 5.74) is 15.5. The number of nitrogens with two attached hydrogens (primary N) is 4. The lowest BCUT2D eigenvalue weighted by atomic mass is 10.0. The molecular formula is C53H75F3N12O6. The molecule has 0 bridgehead atoms. The van der Waals surface area contributed by atoms with Crippen molar-refractivity contribution in [2.24, 2.45) is 23.2 Å². The van der Waals surface area contributed by atoms with E-state index in [0.29, 0.717) is 50.3 Å². The predicted molar refractivity (Wildman–Crippen MR) is 278 cm³/mol. The Morgan fingerprint density at radius 3 is 1.82 bits per heavy atom. The minimum absolute atomic E-state index is 0.000682. The maximum absolute atomic E-state index is 14.0. The third-order valence-electron chi connectivity index (χ3n) is 11.4. The monoisotopic (exact) mass is 1030 g/mol. The normalized spacial score (nSPS) is 15.8. The number of hydrogen-bond donors (Lipinski definition) is 7. The number of nitrogens with one attached hydrogen (secondary N) is 3. The van der Waals surface area contributed by atoms with Crippen LogP contribution in [0.1, 0.15) is 97.2 Å². The lowest BCUT2D eigenvalue weighted by Crippen LogP contribution is -2.41. The zero-order valence-corrected chi connectivity index (χ0v) is 42.7. The number of likely N-dealkylation sites (N-methyl/N-ethyl adjacent to an activating group) is 1. The van der Waals surface area contributed by atoms with E-state index < -0.39 is 6.17 Å². The van der Waals surface area contributed by atoms with Gasteiger partial charge in [0.1, 0.15) is 38.2 Å². The molecule has 1 saturated heterocycles. The Kier molecular flexibility index (Phi) is 29.3. The van der Waals surface area contributed by atoms with Crippen molar-refractivity contribution in [3.8, 4) is 0 Å². The van der Waals surface area contributed by atoms with Gasteiger partial charge in [0.15, 0.2) is 0 Å². The summed E-state index contributed by atoms with van der Waals surface area (Å²) in [6.45, 7) is 2.23. The third kappa shape index (κ3) is 24.7. The average Bonchev–Trinajstić information content (AvgIpc) is 4.35. The number of ether oxygens (including phenoxy) is 2. The molecular weight excluding hydrogens is 958 g/mol. The van der Waals surface area contributed by atoms with Gasteiger partial charge in [-0.3, -0.25) is 9.69 Å². The van der Waals surface area contributed by atoms with Gasteiger partial charge in [0, 0.05) is 36.8 Å². The minimum Gasteiger partial charge on any atom is -0.475 e. The van der Waals surface area contributed by atoms with Gasteiger partial charge in [-0.2, -0.15) is 8.78 Å². The molecule has 2 aromatic heterocycles. The molecule has 7 rings (SSSR count). The van der Waals surface area contributed by atoms with Crippen LogP contribution in [0, 0.1) is 11.9 Å². The number of aldehydes is 3. The Bertz CT molecular complexity index is 2260. The fraction of sp³-hybridized carbons (Fsp3) is 0.434. The maximum Gasteiger partial charge on any atom is 0.237 e. The molecule has 2 aliphatic carbocycles. The first-order chi connectivity index (χ1) is 35.7. The van der Waals surface area contributed by atoms with Crippen molar-refractivity contribution in [2.45, 2.75) is 88.0 Å². The lowest BCUT2D eigenvalue weighted by Gasteiger charge is -2.18. The van der Waals surface area contributed by atoms with E-state index in [1.165, 1.54) is 18.6 Å². The first kappa shape index (κ1) is 61.4. The molecule has 0 radical (unpaired) electrons. The molecule has 0 spiro atoms. The number of hydrazine groups is 2. The van der Waals surface area contributed by atoms with Crippen LogP contribution in [0.4, 0.5) is 13.2 Å². The van der Waals surface area contributed by atoms with Gasteiger partial charge in [0.25, 0.3) is 0 Å². The smallest absolute Gasteiger partial charge is 0.237 e. The van der Waals surface area contributed by atoms with Crippen LogP contribution in [0.25, 0.3) is 0 Å². The van der Waals surface area contributed by atoms with Crippen LogP contribution in [0.5, 0.6) is 0 Å². The number of carbonyl (C=O) groups is 4. The Balaban J connectivity index is 0.000000251. The van der Waals surface area contributed by atoms with Gasteiger partial charge in [-0.15, -0.1) is 0 Å². The number of aromatic nitrogens is 2. The zero-order chi connectivity index (χ0) is 54.1. The summed E-state index contributed by atoms with van der Waals surface area (Å²) in [7, 11) is 5.57. The van der Waals surface area contributed by atoms with E-state index in [2.05, 4.69) is 30.8 Å². The summed E-state index contributed by atoms with van der Waals surface area (Å²) >= 11 is 0. The fourth-order valence-electron chi connectivity index (χ4n) is 7.26. The minimum atomic E-state index is -0.875. The molecule has 18 nitrogen and oxygen atoms in total. The van der Waals surface area contributed by atoms with Crippen molar-refractivity contribution >= 4 is 24.8 Å². The average molecular weight is 1030 g/mol. The van der Waals surface area contributed by atoms with Crippen LogP contribution in [-0.2, 0) is 35.2 Å². The van der Waals surface area contributed by atoms with E-state index in [0.717, 1.165) is 89.3 Å². The second kappa shape index (κ2) is 35.3. The van der Waals surface area contributed by atoms with E-state index in [1.807, 2.05) is 93.0 Å². The predicted octanol–water partition coefficient (Wildman–Crippen LogP) is 4.71. The molecule has 1 aliphatic heterocycles. The summed E-state index contributed by atoms with van der Waals surface area (Å²) < 4.78 is 49.3. The highest BCUT2D eigenvalue weighted by Gasteiger charge is 2.29. The van der Waals surface area contributed by atoms with Gasteiger partial charge in [-0.25, -0.2) is 26.0 Å². The number of rotatable bonds is 24. The largest absolute Gasteiger partial charge is 0.475 e. The van der Waals surface area contributed by atoms with Crippen molar-refractivity contribution in [3.63, 3.8) is 0 Å². The third-order valence-corrected chi connectivity index (χ3v) is 11.4. The van der Waals surface area contributed by atoms with Crippen molar-refractivity contribution in [3.05, 3.63) is 155 Å². The van der Waals surface area contributed by atoms with Crippen LogP contribution in [0.15, 0.2) is 115 Å². The fourth-order valence-corrected chi connectivity index (χ4v) is 7.26. The van der Waals surface area contributed by atoms with Crippen LogP contribution in [-0.4, -0.2) is 122 Å². The van der Waals surface area contributed by atoms with Gasteiger partial charge >= 0.3 is 0 Å². The summed E-state index contributed by atoms with van der Waals surface area (Å²) in [5, 5.41) is 11.0. The standard InChI is InChI=1S/C16H17FN2.C13H18N2O.C10H20N6O4.C8H8FN.C6H12FNO/c1-18-15(12-5-3-2-4-6-12)14-10-9-13(11-7-8-11)16(17)19-14;1-15-9-5-8-12(15)13(16)14-10-11-6-3-2-4-7-11;11-9(7-15(13)1-3-17)19-5-6-20-10(12)8-16(14)2-4-18;9-8-7(6-3-4-6)2-1-5-10-8;1-8-5-6(7)3-2-4-9/h2-6,9-11,15,18H,7-8H2,1H3;2-4,6-7,12H,5,8-10H2,1H3,(H,14,16);3-4,7-8H,1-2,5-6,11-14H2;1-2,5-6H,3-4H2;4,6,8H,2-3,5H2,1H3/b;;9-7+,10-8+;;. The molecule has 2 aromatic carbocycles. The number of halogens is 3. The first-order valence-electron chi connectivity index (χ1n) is 24.6. The molecule has 3 fully saturated rings. The van der Waals surface area contributed by atoms with E-state index in [9.17, 15) is 32.3 Å². The van der Waals surface area contributed by atoms with Gasteiger partial charge < -0.3 is 61.3 Å². The van der Waals surface area contributed by atoms with Crippen molar-refractivity contribution in [1.29, 1.82) is 0 Å². The summed E-state index contributed by atoms with van der Waals surface area (Å²) in [6, 6.07) is 27.4. The molecule has 3 atom stereocenters. The molecule has 2 saturated carbocycles. The highest BCUT2D eigenvalue weighted by molar-refractivity contribution is 5.82. The van der Waals surface area contributed by atoms with Crippen molar-refractivity contribution < 1.29 is 41.8 Å². The topological polar surface area (TPSA) is 262 Å². The lowest BCUT2D eigenvalue weighted by molar-refractivity contribution is -0.125. The van der Waals surface area contributed by atoms with E-state index >= 15 is 0 Å².